The van der Waals surface area contributed by atoms with Crippen molar-refractivity contribution in [3.63, 3.8) is 0 Å². The zero-order chi connectivity index (χ0) is 12.6. The first-order chi connectivity index (χ1) is 7.51. The van der Waals surface area contributed by atoms with Gasteiger partial charge in [0, 0.05) is 0 Å². The number of hydrogen-bond donors (Lipinski definition) is 1. The van der Waals surface area contributed by atoms with Crippen molar-refractivity contribution in [1.29, 1.82) is 0 Å². The second-order valence-electron chi connectivity index (χ2n) is 3.92. The summed E-state index contributed by atoms with van der Waals surface area (Å²) >= 11 is 0. The average molecular weight is 220 g/mol. The van der Waals surface area contributed by atoms with E-state index in [9.17, 15) is 0 Å². The Labute approximate surface area is 99.6 Å². The third-order valence-electron chi connectivity index (χ3n) is 2.28. The van der Waals surface area contributed by atoms with Crippen molar-refractivity contribution in [3.05, 3.63) is 35.5 Å². The molecule has 0 aliphatic carbocycles. The van der Waals surface area contributed by atoms with Crippen LogP contribution >= 0.6 is 0 Å². The van der Waals surface area contributed by atoms with E-state index in [1.165, 1.54) is 11.1 Å². The van der Waals surface area contributed by atoms with E-state index in [2.05, 4.69) is 50.1 Å². The van der Waals surface area contributed by atoms with Gasteiger partial charge in [0.15, 0.2) is 0 Å². The molecule has 0 aromatic heterocycles. The van der Waals surface area contributed by atoms with Crippen LogP contribution in [0.5, 0.6) is 0 Å². The molecule has 0 aromatic carbocycles. The minimum atomic E-state index is 0.126. The summed E-state index contributed by atoms with van der Waals surface area (Å²) in [6.45, 7) is 10.1. The number of hydrogen-bond acceptors (Lipinski definition) is 1. The Kier molecular flexibility index (Phi) is 7.27. The Hall–Kier alpha value is -1.31. The monoisotopic (exact) mass is 220 g/mol. The highest BCUT2D eigenvalue weighted by Crippen LogP contribution is 2.10. The molecule has 1 unspecified atom stereocenters. The highest BCUT2D eigenvalue weighted by molar-refractivity contribution is 5.77. The van der Waals surface area contributed by atoms with Crippen LogP contribution in [0.1, 0.15) is 41.0 Å². The largest absolute Gasteiger partial charge is 0.388 e. The van der Waals surface area contributed by atoms with Crippen LogP contribution in [0.3, 0.4) is 0 Å². The number of rotatable bonds is 5. The van der Waals surface area contributed by atoms with E-state index >= 15 is 0 Å². The summed E-state index contributed by atoms with van der Waals surface area (Å²) in [6, 6.07) is 0.126. The molecule has 16 heavy (non-hydrogen) atoms. The van der Waals surface area contributed by atoms with E-state index < -0.39 is 0 Å². The molecule has 0 aliphatic rings. The molecule has 90 valence electrons. The first-order valence-electron chi connectivity index (χ1n) is 5.82. The SMILES string of the molecule is C\C=C(/C=C\C(C)=C\CC)C(C)N=C(C)N. The van der Waals surface area contributed by atoms with Crippen molar-refractivity contribution >= 4 is 5.84 Å². The molecule has 1 atom stereocenters. The van der Waals surface area contributed by atoms with Gasteiger partial charge in [0.1, 0.15) is 0 Å². The molecule has 2 N–H and O–H groups in total. The molecular formula is C14H24N2. The average Bonchev–Trinajstić information content (AvgIpc) is 2.17. The molecule has 0 spiro atoms. The van der Waals surface area contributed by atoms with E-state index in [0.29, 0.717) is 5.84 Å². The van der Waals surface area contributed by atoms with Crippen LogP contribution in [-0.4, -0.2) is 11.9 Å². The van der Waals surface area contributed by atoms with Crippen LogP contribution in [0.2, 0.25) is 0 Å². The van der Waals surface area contributed by atoms with Gasteiger partial charge in [-0.2, -0.15) is 0 Å². The van der Waals surface area contributed by atoms with Crippen LogP contribution in [0.15, 0.2) is 40.4 Å². The van der Waals surface area contributed by atoms with Gasteiger partial charge < -0.3 is 5.73 Å². The molecule has 0 heterocycles. The van der Waals surface area contributed by atoms with Crippen LogP contribution in [0.4, 0.5) is 0 Å². The molecule has 0 fully saturated rings. The molecule has 2 nitrogen and oxygen atoms in total. The molecule has 0 radical (unpaired) electrons. The van der Waals surface area contributed by atoms with Crippen LogP contribution < -0.4 is 5.73 Å². The highest BCUT2D eigenvalue weighted by Gasteiger charge is 2.02. The minimum Gasteiger partial charge on any atom is -0.388 e. The number of nitrogens with zero attached hydrogens (tertiary/aromatic N) is 1. The molecule has 0 rings (SSSR count). The number of amidine groups is 1. The highest BCUT2D eigenvalue weighted by atomic mass is 14.9. The van der Waals surface area contributed by atoms with E-state index in [1.54, 1.807) is 0 Å². The molecule has 0 bridgehead atoms. The summed E-state index contributed by atoms with van der Waals surface area (Å²) in [4.78, 5) is 4.33. The molecular weight excluding hydrogens is 196 g/mol. The third kappa shape index (κ3) is 6.23. The van der Waals surface area contributed by atoms with Gasteiger partial charge >= 0.3 is 0 Å². The van der Waals surface area contributed by atoms with Crippen molar-refractivity contribution in [2.75, 3.05) is 0 Å². The second-order valence-corrected chi connectivity index (χ2v) is 3.92. The maximum absolute atomic E-state index is 5.58. The maximum Gasteiger partial charge on any atom is 0.0913 e. The number of nitrogens with two attached hydrogens (primary N) is 1. The Morgan fingerprint density at radius 2 is 1.94 bits per heavy atom. The smallest absolute Gasteiger partial charge is 0.0913 e. The Morgan fingerprint density at radius 1 is 1.31 bits per heavy atom. The first-order valence-corrected chi connectivity index (χ1v) is 5.82. The molecule has 0 saturated carbocycles. The van der Waals surface area contributed by atoms with Gasteiger partial charge in [-0.05, 0) is 39.7 Å². The fourth-order valence-electron chi connectivity index (χ4n) is 1.47. The van der Waals surface area contributed by atoms with Crippen LogP contribution in [0, 0.1) is 0 Å². The molecule has 0 aromatic rings. The van der Waals surface area contributed by atoms with Gasteiger partial charge in [0.05, 0.1) is 11.9 Å². The fourth-order valence-corrected chi connectivity index (χ4v) is 1.47. The Balaban J connectivity index is 4.67. The molecule has 0 saturated heterocycles. The zero-order valence-electron chi connectivity index (χ0n) is 11.1. The zero-order valence-corrected chi connectivity index (χ0v) is 11.1. The molecule has 0 amide bonds. The Morgan fingerprint density at radius 3 is 2.38 bits per heavy atom. The maximum atomic E-state index is 5.58. The van der Waals surface area contributed by atoms with E-state index in [-0.39, 0.29) is 6.04 Å². The summed E-state index contributed by atoms with van der Waals surface area (Å²) in [5.41, 5.74) is 8.05. The van der Waals surface area contributed by atoms with Crippen molar-refractivity contribution in [2.24, 2.45) is 10.7 Å². The lowest BCUT2D eigenvalue weighted by Crippen LogP contribution is -2.11. The van der Waals surface area contributed by atoms with E-state index in [1.807, 2.05) is 13.8 Å². The minimum absolute atomic E-state index is 0.126. The summed E-state index contributed by atoms with van der Waals surface area (Å²) in [5, 5.41) is 0. The predicted molar refractivity (Wildman–Crippen MR) is 73.7 cm³/mol. The van der Waals surface area contributed by atoms with Gasteiger partial charge in [0.2, 0.25) is 0 Å². The Bertz CT molecular complexity index is 316. The van der Waals surface area contributed by atoms with Gasteiger partial charge in [-0.1, -0.05) is 36.8 Å². The first kappa shape index (κ1) is 14.7. The predicted octanol–water partition coefficient (Wildman–Crippen LogP) is 3.61. The van der Waals surface area contributed by atoms with Crippen molar-refractivity contribution in [3.8, 4) is 0 Å². The van der Waals surface area contributed by atoms with Crippen molar-refractivity contribution < 1.29 is 0 Å². The summed E-state index contributed by atoms with van der Waals surface area (Å²) < 4.78 is 0. The standard InChI is InChI=1S/C14H24N2/c1-6-8-11(3)9-10-14(7-2)12(4)16-13(5)15/h7-10,12H,6H2,1-5H3,(H2,15,16)/b10-9-,11-8+,14-7+. The van der Waals surface area contributed by atoms with Crippen molar-refractivity contribution in [2.45, 2.75) is 47.1 Å². The van der Waals surface area contributed by atoms with E-state index in [0.717, 1.165) is 6.42 Å². The molecule has 0 aliphatic heterocycles. The fraction of sp³-hybridized carbons (Fsp3) is 0.500. The number of allylic oxidation sites excluding steroid dienone is 4. The van der Waals surface area contributed by atoms with Gasteiger partial charge in [-0.25, -0.2) is 0 Å². The summed E-state index contributed by atoms with van der Waals surface area (Å²) in [5.74, 6) is 0.626. The second kappa shape index (κ2) is 7.91. The van der Waals surface area contributed by atoms with Gasteiger partial charge in [0.25, 0.3) is 0 Å². The lowest BCUT2D eigenvalue weighted by molar-refractivity contribution is 0.879. The number of aliphatic imine (C=N–C) groups is 1. The van der Waals surface area contributed by atoms with Crippen molar-refractivity contribution in [1.82, 2.24) is 0 Å². The summed E-state index contributed by atoms with van der Waals surface area (Å²) in [6.07, 6.45) is 9.57. The molecule has 2 heteroatoms. The van der Waals surface area contributed by atoms with Gasteiger partial charge in [-0.3, -0.25) is 4.99 Å². The quantitative estimate of drug-likeness (QED) is 0.429. The third-order valence-corrected chi connectivity index (χ3v) is 2.28. The lowest BCUT2D eigenvalue weighted by Gasteiger charge is -2.08. The van der Waals surface area contributed by atoms with Gasteiger partial charge in [-0.15, -0.1) is 0 Å². The summed E-state index contributed by atoms with van der Waals surface area (Å²) in [7, 11) is 0. The van der Waals surface area contributed by atoms with Crippen LogP contribution in [-0.2, 0) is 0 Å². The normalized spacial score (nSPS) is 16.9. The lowest BCUT2D eigenvalue weighted by atomic mass is 10.1. The van der Waals surface area contributed by atoms with Crippen LogP contribution in [0.25, 0.3) is 0 Å². The topological polar surface area (TPSA) is 38.4 Å². The van der Waals surface area contributed by atoms with E-state index in [4.69, 9.17) is 5.73 Å².